The summed E-state index contributed by atoms with van der Waals surface area (Å²) in [4.78, 5) is 19.8. The molecule has 0 aliphatic carbocycles. The van der Waals surface area contributed by atoms with E-state index in [1.807, 2.05) is 0 Å². The highest BCUT2D eigenvalue weighted by atomic mass is 19.3. The van der Waals surface area contributed by atoms with Gasteiger partial charge in [-0.2, -0.15) is 8.78 Å². The number of nitrogens with one attached hydrogen (secondary N) is 1. The number of carbonyl (C=O) groups excluding carboxylic acids is 1. The predicted octanol–water partition coefficient (Wildman–Crippen LogP) is 4.57. The van der Waals surface area contributed by atoms with Gasteiger partial charge in [0.25, 0.3) is 5.91 Å². The second kappa shape index (κ2) is 12.5. The van der Waals surface area contributed by atoms with Crippen molar-refractivity contribution in [2.45, 2.75) is 46.0 Å². The Morgan fingerprint density at radius 1 is 1.32 bits per heavy atom. The summed E-state index contributed by atoms with van der Waals surface area (Å²) in [5.41, 5.74) is 5.64. The van der Waals surface area contributed by atoms with E-state index >= 15 is 0 Å². The maximum absolute atomic E-state index is 13.7. The van der Waals surface area contributed by atoms with Crippen molar-refractivity contribution in [3.8, 4) is 0 Å². The molecule has 0 aromatic heterocycles. The first-order chi connectivity index (χ1) is 14.6. The summed E-state index contributed by atoms with van der Waals surface area (Å²) < 4.78 is 52.7. The Balaban J connectivity index is 3.15. The molecule has 5 nitrogen and oxygen atoms in total. The number of rotatable bonds is 10. The molecule has 3 N–H and O–H groups in total. The van der Waals surface area contributed by atoms with Gasteiger partial charge in [0.1, 0.15) is 17.7 Å². The number of hydrogen-bond acceptors (Lipinski definition) is 4. The fourth-order valence-electron chi connectivity index (χ4n) is 2.50. The quantitative estimate of drug-likeness (QED) is 0.319. The van der Waals surface area contributed by atoms with Crippen molar-refractivity contribution in [3.63, 3.8) is 0 Å². The van der Waals surface area contributed by atoms with E-state index in [4.69, 9.17) is 5.73 Å². The molecule has 0 aliphatic rings. The standard InChI is InChI=1S/C22H26F4N4O/c1-5-16(24)17(27)12-20(30-22(25)26)21(31)28-13(4)18(6-2)29-19(7-3)14-9-8-10-15(23)11-14/h6-13,16,22H,2,5,27H2,1,3-4H3,(H,28,31)/b17-12-,19-7+,29-18?,30-20-/t13-,16?/m0/s1. The molecule has 0 fully saturated rings. The van der Waals surface area contributed by atoms with Gasteiger partial charge in [-0.3, -0.25) is 9.79 Å². The average molecular weight is 438 g/mol. The van der Waals surface area contributed by atoms with Crippen LogP contribution in [0.5, 0.6) is 0 Å². The Bertz CT molecular complexity index is 907. The molecule has 168 valence electrons. The smallest absolute Gasteiger partial charge is 0.332 e. The van der Waals surface area contributed by atoms with Crippen LogP contribution in [0.2, 0.25) is 0 Å². The zero-order valence-corrected chi connectivity index (χ0v) is 17.6. The normalized spacial score (nSPS) is 15.6. The molecule has 2 atom stereocenters. The fourth-order valence-corrected chi connectivity index (χ4v) is 2.50. The van der Waals surface area contributed by atoms with E-state index in [2.05, 4.69) is 21.9 Å². The van der Waals surface area contributed by atoms with Crippen molar-refractivity contribution in [1.82, 2.24) is 5.32 Å². The first-order valence-electron chi connectivity index (χ1n) is 9.54. The first kappa shape index (κ1) is 25.8. The molecule has 0 spiro atoms. The molecule has 1 unspecified atom stereocenters. The lowest BCUT2D eigenvalue weighted by atomic mass is 10.1. The third-order valence-electron chi connectivity index (χ3n) is 4.14. The van der Waals surface area contributed by atoms with Crippen LogP contribution in [0.15, 0.2) is 64.8 Å². The number of nitrogens with zero attached hydrogens (tertiary/aromatic N) is 2. The molecule has 1 amide bonds. The molecule has 1 aromatic rings. The summed E-state index contributed by atoms with van der Waals surface area (Å²) in [7, 11) is 0. The van der Waals surface area contributed by atoms with E-state index in [0.717, 1.165) is 6.08 Å². The number of aliphatic imine (C=N–C) groups is 2. The van der Waals surface area contributed by atoms with Gasteiger partial charge in [-0.1, -0.05) is 31.7 Å². The van der Waals surface area contributed by atoms with Crippen LogP contribution in [0.4, 0.5) is 17.6 Å². The van der Waals surface area contributed by atoms with Crippen molar-refractivity contribution in [2.24, 2.45) is 15.7 Å². The van der Waals surface area contributed by atoms with Crippen LogP contribution in [0.1, 0.15) is 32.8 Å². The van der Waals surface area contributed by atoms with E-state index in [-0.39, 0.29) is 17.8 Å². The van der Waals surface area contributed by atoms with Gasteiger partial charge in [-0.15, -0.1) is 0 Å². The predicted molar refractivity (Wildman–Crippen MR) is 116 cm³/mol. The van der Waals surface area contributed by atoms with Gasteiger partial charge in [0.2, 0.25) is 0 Å². The van der Waals surface area contributed by atoms with E-state index in [9.17, 15) is 22.4 Å². The highest BCUT2D eigenvalue weighted by Gasteiger charge is 2.19. The Kier molecular flexibility index (Phi) is 10.4. The SMILES string of the molecule is C=CC(=N/C(=C/C)c1cccc(F)c1)[C@H](C)NC(=O)C(/C=C(\N)C(F)CC)=N\C(F)F. The van der Waals surface area contributed by atoms with Crippen LogP contribution in [0.25, 0.3) is 5.70 Å². The lowest BCUT2D eigenvalue weighted by Gasteiger charge is -2.16. The van der Waals surface area contributed by atoms with Crippen LogP contribution in [-0.4, -0.2) is 36.1 Å². The number of alkyl halides is 3. The average Bonchev–Trinajstić information content (AvgIpc) is 2.72. The van der Waals surface area contributed by atoms with Crippen molar-refractivity contribution in [3.05, 3.63) is 66.2 Å². The molecule has 0 radical (unpaired) electrons. The Hall–Kier alpha value is -3.23. The summed E-state index contributed by atoms with van der Waals surface area (Å²) >= 11 is 0. The third kappa shape index (κ3) is 8.19. The van der Waals surface area contributed by atoms with Crippen LogP contribution in [0.3, 0.4) is 0 Å². The molecular weight excluding hydrogens is 412 g/mol. The van der Waals surface area contributed by atoms with Gasteiger partial charge >= 0.3 is 6.55 Å². The minimum Gasteiger partial charge on any atom is -0.400 e. The van der Waals surface area contributed by atoms with Crippen molar-refractivity contribution in [1.29, 1.82) is 0 Å². The van der Waals surface area contributed by atoms with Gasteiger partial charge < -0.3 is 11.1 Å². The Labute approximate surface area is 179 Å². The first-order valence-corrected chi connectivity index (χ1v) is 9.54. The highest BCUT2D eigenvalue weighted by Crippen LogP contribution is 2.18. The molecule has 0 aliphatic heterocycles. The highest BCUT2D eigenvalue weighted by molar-refractivity contribution is 6.43. The van der Waals surface area contributed by atoms with Gasteiger partial charge in [0, 0.05) is 11.3 Å². The molecule has 1 rings (SSSR count). The second-order valence-corrected chi connectivity index (χ2v) is 6.43. The minimum absolute atomic E-state index is 0.0157. The van der Waals surface area contributed by atoms with E-state index in [0.29, 0.717) is 11.3 Å². The number of amides is 1. The van der Waals surface area contributed by atoms with Crippen molar-refractivity contribution < 1.29 is 22.4 Å². The summed E-state index contributed by atoms with van der Waals surface area (Å²) in [5, 5.41) is 2.46. The monoisotopic (exact) mass is 438 g/mol. The molecule has 0 saturated heterocycles. The number of nitrogens with two attached hydrogens (primary N) is 1. The van der Waals surface area contributed by atoms with Gasteiger partial charge in [-0.05, 0) is 44.6 Å². The molecule has 0 bridgehead atoms. The van der Waals surface area contributed by atoms with Crippen LogP contribution in [-0.2, 0) is 4.79 Å². The number of benzene rings is 1. The lowest BCUT2D eigenvalue weighted by molar-refractivity contribution is -0.115. The van der Waals surface area contributed by atoms with Gasteiger partial charge in [-0.25, -0.2) is 13.8 Å². The molecular formula is C22H26F4N4O. The number of hydrogen-bond donors (Lipinski definition) is 2. The minimum atomic E-state index is -3.19. The molecule has 0 saturated carbocycles. The Morgan fingerprint density at radius 3 is 2.52 bits per heavy atom. The van der Waals surface area contributed by atoms with Gasteiger partial charge in [0.05, 0.1) is 17.5 Å². The molecule has 1 aromatic carbocycles. The summed E-state index contributed by atoms with van der Waals surface area (Å²) in [6.07, 6.45) is 2.23. The van der Waals surface area contributed by atoms with Crippen molar-refractivity contribution >= 4 is 23.0 Å². The number of carbonyl (C=O) groups is 1. The molecule has 31 heavy (non-hydrogen) atoms. The van der Waals surface area contributed by atoms with Crippen LogP contribution >= 0.6 is 0 Å². The summed E-state index contributed by atoms with van der Waals surface area (Å²) in [6, 6.07) is 5.00. The fraction of sp³-hybridized carbons (Fsp3) is 0.318. The summed E-state index contributed by atoms with van der Waals surface area (Å²) in [6.45, 7) is 5.23. The van der Waals surface area contributed by atoms with Crippen LogP contribution < -0.4 is 11.1 Å². The zero-order valence-electron chi connectivity index (χ0n) is 17.6. The third-order valence-corrected chi connectivity index (χ3v) is 4.14. The summed E-state index contributed by atoms with van der Waals surface area (Å²) in [5.74, 6) is -1.43. The largest absolute Gasteiger partial charge is 0.400 e. The van der Waals surface area contributed by atoms with Gasteiger partial charge in [0.15, 0.2) is 0 Å². The number of halogens is 4. The van der Waals surface area contributed by atoms with Crippen LogP contribution in [0, 0.1) is 5.82 Å². The Morgan fingerprint density at radius 2 is 2.00 bits per heavy atom. The maximum atomic E-state index is 13.7. The maximum Gasteiger partial charge on any atom is 0.332 e. The topological polar surface area (TPSA) is 79.8 Å². The van der Waals surface area contributed by atoms with E-state index < -0.39 is 36.2 Å². The second-order valence-electron chi connectivity index (χ2n) is 6.43. The zero-order chi connectivity index (χ0) is 23.6. The molecule has 0 heterocycles. The van der Waals surface area contributed by atoms with E-state index in [1.165, 1.54) is 31.2 Å². The lowest BCUT2D eigenvalue weighted by Crippen LogP contribution is -2.41. The number of allylic oxidation sites excluding steroid dienone is 2. The van der Waals surface area contributed by atoms with Crippen molar-refractivity contribution in [2.75, 3.05) is 0 Å². The molecule has 9 heteroatoms. The van der Waals surface area contributed by atoms with E-state index in [1.54, 1.807) is 26.0 Å².